The molecular weight excluding hydrogens is 231 g/mol. The molecule has 0 amide bonds. The highest BCUT2D eigenvalue weighted by Gasteiger charge is 2.24. The highest BCUT2D eigenvalue weighted by atomic mass is 35.8. The Morgan fingerprint density at radius 2 is 1.67 bits per heavy atom. The summed E-state index contributed by atoms with van der Waals surface area (Å²) in [5, 5.41) is 0. The van der Waals surface area contributed by atoms with Crippen molar-refractivity contribution in [3.63, 3.8) is 0 Å². The first kappa shape index (κ1) is 10.6. The average molecular weight is 242 g/mol. The van der Waals surface area contributed by atoms with Gasteiger partial charge in [0, 0.05) is 0 Å². The van der Waals surface area contributed by atoms with E-state index in [4.69, 9.17) is 33.2 Å². The van der Waals surface area contributed by atoms with Gasteiger partial charge in [0.1, 0.15) is 0 Å². The van der Waals surface area contributed by atoms with Gasteiger partial charge in [0.2, 0.25) is 0 Å². The SMILES string of the molecule is Cl[Si](Cl)(Cl)CCCC1C=CC=C1. The standard InChI is InChI=1S/C8H11Cl3Si/c9-12(10,11)7-3-6-8-4-1-2-5-8/h1-2,4-5,8H,3,6-7H2. The summed E-state index contributed by atoms with van der Waals surface area (Å²) in [5.74, 6) is 0.575. The fourth-order valence-electron chi connectivity index (χ4n) is 1.21. The van der Waals surface area contributed by atoms with Crippen molar-refractivity contribution >= 4 is 39.2 Å². The number of halogens is 3. The fraction of sp³-hybridized carbons (Fsp3) is 0.500. The van der Waals surface area contributed by atoms with Gasteiger partial charge >= 0.3 is 6.00 Å². The van der Waals surface area contributed by atoms with Crippen molar-refractivity contribution in [3.8, 4) is 0 Å². The second-order valence-electron chi connectivity index (χ2n) is 2.94. The first-order chi connectivity index (χ1) is 5.58. The molecule has 0 unspecified atom stereocenters. The Hall–Kier alpha value is 0.567. The van der Waals surface area contributed by atoms with E-state index in [-0.39, 0.29) is 0 Å². The summed E-state index contributed by atoms with van der Waals surface area (Å²) in [7, 11) is 0. The quantitative estimate of drug-likeness (QED) is 0.512. The smallest absolute Gasteiger partial charge is 0.126 e. The second kappa shape index (κ2) is 4.71. The molecular formula is C8H11Cl3Si. The molecule has 1 rings (SSSR count). The molecule has 1 aliphatic rings. The molecule has 0 aromatic rings. The highest BCUT2D eigenvalue weighted by Crippen LogP contribution is 2.28. The molecule has 0 fully saturated rings. The van der Waals surface area contributed by atoms with Crippen molar-refractivity contribution in [2.24, 2.45) is 5.92 Å². The molecule has 0 aromatic heterocycles. The molecule has 1 aliphatic carbocycles. The van der Waals surface area contributed by atoms with E-state index in [2.05, 4.69) is 24.3 Å². The molecule has 0 N–H and O–H groups in total. The highest BCUT2D eigenvalue weighted by molar-refractivity contribution is 7.64. The Balaban J connectivity index is 2.10. The van der Waals surface area contributed by atoms with Gasteiger partial charge < -0.3 is 0 Å². The van der Waals surface area contributed by atoms with Crippen LogP contribution in [0.25, 0.3) is 0 Å². The van der Waals surface area contributed by atoms with Crippen LogP contribution in [0.2, 0.25) is 6.04 Å². The van der Waals surface area contributed by atoms with Crippen molar-refractivity contribution in [1.29, 1.82) is 0 Å². The van der Waals surface area contributed by atoms with Gasteiger partial charge in [-0.05, 0) is 18.4 Å². The van der Waals surface area contributed by atoms with E-state index in [1.54, 1.807) is 0 Å². The van der Waals surface area contributed by atoms with E-state index in [1.807, 2.05) is 0 Å². The normalized spacial score (nSPS) is 17.6. The molecule has 12 heavy (non-hydrogen) atoms. The van der Waals surface area contributed by atoms with E-state index in [0.717, 1.165) is 18.9 Å². The molecule has 0 saturated carbocycles. The Labute approximate surface area is 88.3 Å². The van der Waals surface area contributed by atoms with Gasteiger partial charge in [-0.25, -0.2) is 0 Å². The number of rotatable bonds is 4. The van der Waals surface area contributed by atoms with Crippen LogP contribution in [0, 0.1) is 5.92 Å². The molecule has 0 atom stereocenters. The maximum Gasteiger partial charge on any atom is 0.341 e. The summed E-state index contributed by atoms with van der Waals surface area (Å²) in [6.07, 6.45) is 10.6. The lowest BCUT2D eigenvalue weighted by atomic mass is 10.1. The summed E-state index contributed by atoms with van der Waals surface area (Å²) in [4.78, 5) is 0. The Kier molecular flexibility index (Phi) is 4.17. The molecule has 0 heterocycles. The van der Waals surface area contributed by atoms with Gasteiger partial charge in [-0.15, -0.1) is 33.2 Å². The molecule has 0 spiro atoms. The Morgan fingerprint density at radius 3 is 2.17 bits per heavy atom. The largest absolute Gasteiger partial charge is 0.341 e. The van der Waals surface area contributed by atoms with Gasteiger partial charge in [0.15, 0.2) is 0 Å². The third kappa shape index (κ3) is 4.56. The average Bonchev–Trinajstić information content (AvgIpc) is 2.36. The monoisotopic (exact) mass is 240 g/mol. The number of allylic oxidation sites excluding steroid dienone is 4. The van der Waals surface area contributed by atoms with Crippen molar-refractivity contribution in [3.05, 3.63) is 24.3 Å². The van der Waals surface area contributed by atoms with Crippen LogP contribution in [-0.2, 0) is 0 Å². The maximum atomic E-state index is 5.75. The molecule has 68 valence electrons. The summed E-state index contributed by atoms with van der Waals surface area (Å²) in [6.45, 7) is 0. The van der Waals surface area contributed by atoms with Crippen molar-refractivity contribution in [2.45, 2.75) is 18.9 Å². The first-order valence-electron chi connectivity index (χ1n) is 4.00. The minimum atomic E-state index is -2.36. The van der Waals surface area contributed by atoms with E-state index < -0.39 is 6.00 Å². The van der Waals surface area contributed by atoms with Crippen LogP contribution in [0.15, 0.2) is 24.3 Å². The zero-order valence-electron chi connectivity index (χ0n) is 6.64. The molecule has 0 bridgehead atoms. The van der Waals surface area contributed by atoms with Crippen molar-refractivity contribution in [1.82, 2.24) is 0 Å². The van der Waals surface area contributed by atoms with Gasteiger partial charge in [-0.2, -0.15) is 0 Å². The summed E-state index contributed by atoms with van der Waals surface area (Å²) >= 11 is 17.3. The molecule has 0 aliphatic heterocycles. The second-order valence-corrected chi connectivity index (χ2v) is 12.2. The van der Waals surface area contributed by atoms with Crippen LogP contribution in [0.1, 0.15) is 12.8 Å². The zero-order chi connectivity index (χ0) is 9.03. The van der Waals surface area contributed by atoms with Crippen molar-refractivity contribution in [2.75, 3.05) is 0 Å². The third-order valence-corrected chi connectivity index (χ3v) is 4.45. The Morgan fingerprint density at radius 1 is 1.08 bits per heavy atom. The van der Waals surface area contributed by atoms with Crippen LogP contribution >= 0.6 is 33.2 Å². The lowest BCUT2D eigenvalue weighted by Crippen LogP contribution is -2.08. The predicted octanol–water partition coefficient (Wildman–Crippen LogP) is 4.16. The first-order valence-corrected chi connectivity index (χ1v) is 9.24. The van der Waals surface area contributed by atoms with Crippen LogP contribution < -0.4 is 0 Å². The van der Waals surface area contributed by atoms with Crippen LogP contribution in [0.5, 0.6) is 0 Å². The lowest BCUT2D eigenvalue weighted by molar-refractivity contribution is 0.695. The van der Waals surface area contributed by atoms with E-state index in [1.165, 1.54) is 0 Å². The number of hydrogen-bond donors (Lipinski definition) is 0. The van der Waals surface area contributed by atoms with E-state index >= 15 is 0 Å². The predicted molar refractivity (Wildman–Crippen MR) is 59.1 cm³/mol. The van der Waals surface area contributed by atoms with E-state index in [0.29, 0.717) is 5.92 Å². The third-order valence-electron chi connectivity index (χ3n) is 1.83. The maximum absolute atomic E-state index is 5.75. The van der Waals surface area contributed by atoms with Crippen LogP contribution in [0.4, 0.5) is 0 Å². The Bertz CT molecular complexity index is 181. The minimum absolute atomic E-state index is 0.575. The topological polar surface area (TPSA) is 0 Å². The summed E-state index contributed by atoms with van der Waals surface area (Å²) in [5.41, 5.74) is 0. The molecule has 0 nitrogen and oxygen atoms in total. The van der Waals surface area contributed by atoms with Crippen LogP contribution in [-0.4, -0.2) is 6.00 Å². The van der Waals surface area contributed by atoms with Gasteiger partial charge in [-0.1, -0.05) is 30.7 Å². The molecule has 0 aromatic carbocycles. The van der Waals surface area contributed by atoms with Gasteiger partial charge in [-0.3, -0.25) is 0 Å². The minimum Gasteiger partial charge on any atom is -0.126 e. The molecule has 0 radical (unpaired) electrons. The van der Waals surface area contributed by atoms with Crippen LogP contribution in [0.3, 0.4) is 0 Å². The summed E-state index contributed by atoms with van der Waals surface area (Å²) in [6, 6.07) is -1.59. The van der Waals surface area contributed by atoms with Crippen molar-refractivity contribution < 1.29 is 0 Å². The number of hydrogen-bond acceptors (Lipinski definition) is 0. The summed E-state index contributed by atoms with van der Waals surface area (Å²) < 4.78 is 0. The van der Waals surface area contributed by atoms with E-state index in [9.17, 15) is 0 Å². The fourth-order valence-corrected chi connectivity index (χ4v) is 3.02. The van der Waals surface area contributed by atoms with Gasteiger partial charge in [0.25, 0.3) is 0 Å². The lowest BCUT2D eigenvalue weighted by Gasteiger charge is -2.08. The van der Waals surface area contributed by atoms with Gasteiger partial charge in [0.05, 0.1) is 0 Å². The molecule has 0 saturated heterocycles. The molecule has 4 heteroatoms. The zero-order valence-corrected chi connectivity index (χ0v) is 9.91.